The quantitative estimate of drug-likeness (QED) is 0.818. The summed E-state index contributed by atoms with van der Waals surface area (Å²) >= 11 is 0. The highest BCUT2D eigenvalue weighted by Crippen LogP contribution is 2.53. The van der Waals surface area contributed by atoms with Crippen LogP contribution >= 0.6 is 0 Å². The van der Waals surface area contributed by atoms with E-state index < -0.39 is 5.60 Å². The van der Waals surface area contributed by atoms with Crippen molar-refractivity contribution in [1.29, 1.82) is 0 Å². The molecule has 0 unspecified atom stereocenters. The molecule has 0 N–H and O–H groups in total. The maximum atomic E-state index is 12.8. The molecule has 2 saturated heterocycles. The van der Waals surface area contributed by atoms with Crippen molar-refractivity contribution in [1.82, 2.24) is 0 Å². The Kier molecular flexibility index (Phi) is 2.97. The van der Waals surface area contributed by atoms with E-state index in [-0.39, 0.29) is 11.9 Å². The van der Waals surface area contributed by atoms with Crippen LogP contribution in [0.4, 0.5) is 5.69 Å². The van der Waals surface area contributed by atoms with Crippen LogP contribution in [0.1, 0.15) is 24.6 Å². The largest absolute Gasteiger partial charge is 0.497 e. The first-order valence-electron chi connectivity index (χ1n) is 7.41. The van der Waals surface area contributed by atoms with Gasteiger partial charge < -0.3 is 13.9 Å². The third kappa shape index (κ3) is 1.72. The van der Waals surface area contributed by atoms with Gasteiger partial charge in [-0.05, 0) is 49.2 Å². The first kappa shape index (κ1) is 13.4. The summed E-state index contributed by atoms with van der Waals surface area (Å²) in [6.45, 7) is 0.624. The monoisotopic (exact) mass is 299 g/mol. The first-order valence-corrected chi connectivity index (χ1v) is 7.41. The van der Waals surface area contributed by atoms with Crippen LogP contribution in [0.5, 0.6) is 5.75 Å². The van der Waals surface area contributed by atoms with Crippen LogP contribution in [0.25, 0.3) is 0 Å². The predicted octanol–water partition coefficient (Wildman–Crippen LogP) is 2.93. The van der Waals surface area contributed by atoms with Gasteiger partial charge in [-0.25, -0.2) is 0 Å². The molecule has 4 rings (SSSR count). The lowest BCUT2D eigenvalue weighted by Crippen LogP contribution is -2.68. The second-order valence-corrected chi connectivity index (χ2v) is 5.63. The van der Waals surface area contributed by atoms with Gasteiger partial charge in [-0.3, -0.25) is 9.69 Å². The zero-order valence-corrected chi connectivity index (χ0v) is 12.3. The maximum Gasteiger partial charge on any atom is 0.262 e. The molecule has 2 aromatic rings. The van der Waals surface area contributed by atoms with E-state index in [1.807, 2.05) is 36.4 Å². The van der Waals surface area contributed by atoms with Gasteiger partial charge in [0.05, 0.1) is 13.4 Å². The van der Waals surface area contributed by atoms with E-state index in [2.05, 4.69) is 0 Å². The second kappa shape index (κ2) is 4.88. The number of amides is 1. The summed E-state index contributed by atoms with van der Waals surface area (Å²) in [5, 5.41) is 0. The van der Waals surface area contributed by atoms with Crippen molar-refractivity contribution in [3.63, 3.8) is 0 Å². The number of anilines is 1. The standard InChI is InChI=1S/C17H17NO4/c1-20-13-7-5-12(6-8-13)18-15(14-4-2-10-21-14)17(16(18)19)9-3-11-22-17/h2,4-8,10,15H,3,9,11H2,1H3/t15-,17+/m0/s1. The van der Waals surface area contributed by atoms with Gasteiger partial charge in [0.2, 0.25) is 0 Å². The van der Waals surface area contributed by atoms with E-state index >= 15 is 0 Å². The number of methoxy groups -OCH3 is 1. The van der Waals surface area contributed by atoms with Crippen LogP contribution < -0.4 is 9.64 Å². The molecule has 2 aliphatic heterocycles. The van der Waals surface area contributed by atoms with Crippen LogP contribution in [-0.4, -0.2) is 25.2 Å². The molecule has 3 heterocycles. The zero-order valence-electron chi connectivity index (χ0n) is 12.3. The number of carbonyl (C=O) groups excluding carboxylic acids is 1. The summed E-state index contributed by atoms with van der Waals surface area (Å²) in [6, 6.07) is 11.0. The highest BCUT2D eigenvalue weighted by molar-refractivity contribution is 6.08. The van der Waals surface area contributed by atoms with E-state index in [9.17, 15) is 4.79 Å². The van der Waals surface area contributed by atoms with Gasteiger partial charge in [-0.2, -0.15) is 0 Å². The van der Waals surface area contributed by atoms with E-state index in [1.165, 1.54) is 0 Å². The molecule has 2 fully saturated rings. The maximum absolute atomic E-state index is 12.8. The van der Waals surface area contributed by atoms with Gasteiger partial charge in [-0.1, -0.05) is 0 Å². The molecule has 1 spiro atoms. The average molecular weight is 299 g/mol. The number of hydrogen-bond acceptors (Lipinski definition) is 4. The Balaban J connectivity index is 1.73. The molecule has 5 heteroatoms. The Bertz CT molecular complexity index is 671. The number of carbonyl (C=O) groups is 1. The van der Waals surface area contributed by atoms with Crippen molar-refractivity contribution in [2.45, 2.75) is 24.5 Å². The molecule has 2 aliphatic rings. The van der Waals surface area contributed by atoms with Crippen molar-refractivity contribution in [3.05, 3.63) is 48.4 Å². The van der Waals surface area contributed by atoms with E-state index in [4.69, 9.17) is 13.9 Å². The molecule has 0 bridgehead atoms. The van der Waals surface area contributed by atoms with Crippen LogP contribution in [0.15, 0.2) is 47.1 Å². The fourth-order valence-corrected chi connectivity index (χ4v) is 3.44. The van der Waals surface area contributed by atoms with Gasteiger partial charge in [0, 0.05) is 12.3 Å². The SMILES string of the molecule is COc1ccc(N2C(=O)[C@@]3(CCCO3)[C@@H]2c2ccco2)cc1. The van der Waals surface area contributed by atoms with Crippen molar-refractivity contribution >= 4 is 11.6 Å². The first-order chi connectivity index (χ1) is 10.8. The van der Waals surface area contributed by atoms with Crippen LogP contribution in [0.2, 0.25) is 0 Å². The zero-order chi connectivity index (χ0) is 15.2. The topological polar surface area (TPSA) is 51.9 Å². The molecule has 0 saturated carbocycles. The van der Waals surface area contributed by atoms with Crippen LogP contribution in [0, 0.1) is 0 Å². The van der Waals surface area contributed by atoms with E-state index in [0.29, 0.717) is 6.61 Å². The minimum Gasteiger partial charge on any atom is -0.497 e. The number of nitrogens with zero attached hydrogens (tertiary/aromatic N) is 1. The summed E-state index contributed by atoms with van der Waals surface area (Å²) < 4.78 is 16.6. The Labute approximate surface area is 128 Å². The number of hydrogen-bond donors (Lipinski definition) is 0. The van der Waals surface area contributed by atoms with E-state index in [0.717, 1.165) is 30.0 Å². The fourth-order valence-electron chi connectivity index (χ4n) is 3.44. The second-order valence-electron chi connectivity index (χ2n) is 5.63. The Morgan fingerprint density at radius 3 is 2.68 bits per heavy atom. The highest BCUT2D eigenvalue weighted by Gasteiger charge is 2.65. The molecule has 114 valence electrons. The summed E-state index contributed by atoms with van der Waals surface area (Å²) in [7, 11) is 1.62. The highest BCUT2D eigenvalue weighted by atomic mass is 16.5. The number of rotatable bonds is 3. The van der Waals surface area contributed by atoms with Gasteiger partial charge in [-0.15, -0.1) is 0 Å². The lowest BCUT2D eigenvalue weighted by Gasteiger charge is -2.52. The van der Waals surface area contributed by atoms with Crippen molar-refractivity contribution in [2.24, 2.45) is 0 Å². The lowest BCUT2D eigenvalue weighted by atomic mass is 9.78. The molecular formula is C17H17NO4. The molecule has 22 heavy (non-hydrogen) atoms. The average Bonchev–Trinajstić information content (AvgIpc) is 3.24. The van der Waals surface area contributed by atoms with Crippen molar-refractivity contribution in [2.75, 3.05) is 18.6 Å². The number of ether oxygens (including phenoxy) is 2. The van der Waals surface area contributed by atoms with E-state index in [1.54, 1.807) is 18.3 Å². The molecule has 1 amide bonds. The Morgan fingerprint density at radius 2 is 2.09 bits per heavy atom. The van der Waals surface area contributed by atoms with Crippen molar-refractivity contribution in [3.8, 4) is 5.75 Å². The van der Waals surface area contributed by atoms with Crippen LogP contribution in [-0.2, 0) is 9.53 Å². The molecule has 1 aromatic heterocycles. The smallest absolute Gasteiger partial charge is 0.262 e. The number of furan rings is 1. The summed E-state index contributed by atoms with van der Waals surface area (Å²) in [5.74, 6) is 1.53. The minimum atomic E-state index is -0.752. The van der Waals surface area contributed by atoms with Gasteiger partial charge in [0.25, 0.3) is 5.91 Å². The van der Waals surface area contributed by atoms with Crippen LogP contribution in [0.3, 0.4) is 0 Å². The molecule has 2 atom stereocenters. The number of β-lactam (4-membered cyclic amide) rings is 1. The predicted molar refractivity (Wildman–Crippen MR) is 79.8 cm³/mol. The van der Waals surface area contributed by atoms with Crippen molar-refractivity contribution < 1.29 is 18.7 Å². The molecule has 5 nitrogen and oxygen atoms in total. The van der Waals surface area contributed by atoms with Gasteiger partial charge in [0.15, 0.2) is 5.60 Å². The molecular weight excluding hydrogens is 282 g/mol. The lowest BCUT2D eigenvalue weighted by molar-refractivity contribution is -0.157. The summed E-state index contributed by atoms with van der Waals surface area (Å²) in [5.41, 5.74) is 0.0750. The third-order valence-corrected chi connectivity index (χ3v) is 4.50. The normalized spacial score (nSPS) is 27.2. The molecule has 1 aromatic carbocycles. The summed E-state index contributed by atoms with van der Waals surface area (Å²) in [4.78, 5) is 14.5. The summed E-state index contributed by atoms with van der Waals surface area (Å²) in [6.07, 6.45) is 3.27. The third-order valence-electron chi connectivity index (χ3n) is 4.50. The molecule has 0 radical (unpaired) electrons. The van der Waals surface area contributed by atoms with Gasteiger partial charge >= 0.3 is 0 Å². The minimum absolute atomic E-state index is 0.0107. The fraction of sp³-hybridized carbons (Fsp3) is 0.353. The Hall–Kier alpha value is -2.27. The van der Waals surface area contributed by atoms with Gasteiger partial charge in [0.1, 0.15) is 17.6 Å². The molecule has 0 aliphatic carbocycles. The Morgan fingerprint density at radius 1 is 1.27 bits per heavy atom. The number of benzene rings is 1.